The number of hydrogen-bond donors (Lipinski definition) is 1. The summed E-state index contributed by atoms with van der Waals surface area (Å²) in [5.41, 5.74) is -0.498. The van der Waals surface area contributed by atoms with Gasteiger partial charge in [0.15, 0.2) is 0 Å². The molecule has 1 amide bonds. The lowest BCUT2D eigenvalue weighted by Crippen LogP contribution is -2.55. The lowest BCUT2D eigenvalue weighted by atomic mass is 9.70. The van der Waals surface area contributed by atoms with Gasteiger partial charge in [0.05, 0.1) is 5.54 Å². The van der Waals surface area contributed by atoms with Crippen LogP contribution in [0.2, 0.25) is 0 Å². The number of terminal acetylenes is 1. The maximum Gasteiger partial charge on any atom is 0.407 e. The third kappa shape index (κ3) is 1.81. The highest BCUT2D eigenvalue weighted by atomic mass is 16.4. The molecule has 1 heterocycles. The van der Waals surface area contributed by atoms with Crippen LogP contribution in [0.4, 0.5) is 4.79 Å². The normalized spacial score (nSPS) is 26.4. The van der Waals surface area contributed by atoms with E-state index < -0.39 is 6.09 Å². The summed E-state index contributed by atoms with van der Waals surface area (Å²) in [5, 5.41) is 9.20. The van der Waals surface area contributed by atoms with Crippen LogP contribution >= 0.6 is 0 Å². The first-order chi connectivity index (χ1) is 6.85. The van der Waals surface area contributed by atoms with E-state index in [4.69, 9.17) is 6.42 Å². The Kier molecular flexibility index (Phi) is 2.99. The Labute approximate surface area is 91.5 Å². The number of hydrogen-bond acceptors (Lipinski definition) is 1. The second kappa shape index (κ2) is 3.77. The average molecular weight is 209 g/mol. The molecule has 0 saturated carbocycles. The van der Waals surface area contributed by atoms with Gasteiger partial charge in [0, 0.05) is 13.0 Å². The molecule has 0 bridgehead atoms. The molecule has 1 rings (SSSR count). The zero-order valence-electron chi connectivity index (χ0n) is 9.71. The first kappa shape index (κ1) is 11.9. The molecule has 3 heteroatoms. The van der Waals surface area contributed by atoms with Gasteiger partial charge in [0.1, 0.15) is 0 Å². The summed E-state index contributed by atoms with van der Waals surface area (Å²) in [4.78, 5) is 12.7. The van der Waals surface area contributed by atoms with E-state index in [2.05, 4.69) is 26.7 Å². The van der Waals surface area contributed by atoms with Gasteiger partial charge in [-0.3, -0.25) is 0 Å². The van der Waals surface area contributed by atoms with Crippen molar-refractivity contribution in [1.29, 1.82) is 0 Å². The van der Waals surface area contributed by atoms with Gasteiger partial charge in [-0.15, -0.1) is 12.3 Å². The predicted molar refractivity (Wildman–Crippen MR) is 59.6 cm³/mol. The van der Waals surface area contributed by atoms with Crippen LogP contribution in [0, 0.1) is 17.8 Å². The summed E-state index contributed by atoms with van der Waals surface area (Å²) in [6, 6.07) is 0. The molecule has 1 fully saturated rings. The Hall–Kier alpha value is -1.17. The van der Waals surface area contributed by atoms with E-state index >= 15 is 0 Å². The van der Waals surface area contributed by atoms with Gasteiger partial charge in [0.25, 0.3) is 0 Å². The van der Waals surface area contributed by atoms with Crippen molar-refractivity contribution >= 4 is 6.09 Å². The quantitative estimate of drug-likeness (QED) is 0.674. The number of likely N-dealkylation sites (tertiary alicyclic amines) is 1. The van der Waals surface area contributed by atoms with Gasteiger partial charge in [0.2, 0.25) is 0 Å². The molecule has 15 heavy (non-hydrogen) atoms. The Morgan fingerprint density at radius 2 is 2.20 bits per heavy atom. The van der Waals surface area contributed by atoms with Crippen molar-refractivity contribution in [3.05, 3.63) is 0 Å². The van der Waals surface area contributed by atoms with Gasteiger partial charge < -0.3 is 10.0 Å². The minimum atomic E-state index is -0.849. The average Bonchev–Trinajstić information content (AvgIpc) is 2.48. The Bertz CT molecular complexity index is 298. The van der Waals surface area contributed by atoms with Crippen LogP contribution in [-0.2, 0) is 0 Å². The Balaban J connectivity index is 3.11. The van der Waals surface area contributed by atoms with Crippen LogP contribution in [0.1, 0.15) is 40.0 Å². The third-order valence-electron chi connectivity index (χ3n) is 3.51. The van der Waals surface area contributed by atoms with Crippen LogP contribution in [0.3, 0.4) is 0 Å². The molecule has 0 aromatic carbocycles. The molecular formula is C12H19NO2. The maximum atomic E-state index is 11.2. The molecule has 1 N–H and O–H groups in total. The Morgan fingerprint density at radius 1 is 1.60 bits per heavy atom. The molecule has 0 spiro atoms. The van der Waals surface area contributed by atoms with E-state index in [9.17, 15) is 9.90 Å². The summed E-state index contributed by atoms with van der Waals surface area (Å²) in [7, 11) is 0. The second-order valence-electron chi connectivity index (χ2n) is 5.20. The van der Waals surface area contributed by atoms with Gasteiger partial charge in [-0.1, -0.05) is 20.8 Å². The number of carbonyl (C=O) groups is 1. The molecule has 0 radical (unpaired) electrons. The second-order valence-corrected chi connectivity index (χ2v) is 5.20. The van der Waals surface area contributed by atoms with Crippen LogP contribution in [0.5, 0.6) is 0 Å². The topological polar surface area (TPSA) is 40.5 Å². The molecule has 0 aromatic rings. The molecule has 1 saturated heterocycles. The predicted octanol–water partition coefficient (Wildman–Crippen LogP) is 2.57. The number of amides is 1. The maximum absolute atomic E-state index is 11.2. The SMILES string of the molecule is C#CCC1(C(C)(C)C)CCCN1C(=O)O. The smallest absolute Gasteiger partial charge is 0.407 e. The van der Waals surface area contributed by atoms with Crippen LogP contribution in [0.25, 0.3) is 0 Å². The summed E-state index contributed by atoms with van der Waals surface area (Å²) < 4.78 is 0. The van der Waals surface area contributed by atoms with Crippen molar-refractivity contribution in [2.45, 2.75) is 45.6 Å². The highest BCUT2D eigenvalue weighted by Gasteiger charge is 2.51. The van der Waals surface area contributed by atoms with E-state index in [0.717, 1.165) is 12.8 Å². The molecule has 84 valence electrons. The summed E-state index contributed by atoms with van der Waals surface area (Å²) in [6.07, 6.45) is 6.81. The minimum absolute atomic E-state index is 0.117. The molecular weight excluding hydrogens is 190 g/mol. The molecule has 0 aromatic heterocycles. The lowest BCUT2D eigenvalue weighted by Gasteiger charge is -2.46. The Morgan fingerprint density at radius 3 is 2.60 bits per heavy atom. The molecule has 0 aliphatic carbocycles. The van der Waals surface area contributed by atoms with Crippen molar-refractivity contribution in [2.24, 2.45) is 5.41 Å². The third-order valence-corrected chi connectivity index (χ3v) is 3.51. The first-order valence-corrected chi connectivity index (χ1v) is 5.29. The minimum Gasteiger partial charge on any atom is -0.465 e. The summed E-state index contributed by atoms with van der Waals surface area (Å²) >= 11 is 0. The molecule has 3 nitrogen and oxygen atoms in total. The number of rotatable bonds is 1. The van der Waals surface area contributed by atoms with E-state index in [0.29, 0.717) is 13.0 Å². The zero-order chi connectivity index (χ0) is 11.7. The van der Waals surface area contributed by atoms with Crippen molar-refractivity contribution < 1.29 is 9.90 Å². The zero-order valence-corrected chi connectivity index (χ0v) is 9.71. The van der Waals surface area contributed by atoms with Crippen LogP contribution in [0.15, 0.2) is 0 Å². The first-order valence-electron chi connectivity index (χ1n) is 5.29. The standard InChI is InChI=1S/C12H19NO2/c1-5-7-12(11(2,3)4)8-6-9-13(12)10(14)15/h1H,6-9H2,2-4H3,(H,14,15). The number of carboxylic acid groups (broad SMARTS) is 1. The van der Waals surface area contributed by atoms with Gasteiger partial charge in [-0.05, 0) is 18.3 Å². The van der Waals surface area contributed by atoms with Crippen LogP contribution in [-0.4, -0.2) is 28.2 Å². The lowest BCUT2D eigenvalue weighted by molar-refractivity contribution is 0.0343. The fourth-order valence-corrected chi connectivity index (χ4v) is 2.56. The van der Waals surface area contributed by atoms with E-state index in [-0.39, 0.29) is 11.0 Å². The molecule has 1 aliphatic rings. The highest BCUT2D eigenvalue weighted by Crippen LogP contribution is 2.45. The monoisotopic (exact) mass is 209 g/mol. The van der Waals surface area contributed by atoms with Gasteiger partial charge >= 0.3 is 6.09 Å². The van der Waals surface area contributed by atoms with Gasteiger partial charge in [-0.25, -0.2) is 4.79 Å². The van der Waals surface area contributed by atoms with E-state index in [1.807, 2.05) is 0 Å². The van der Waals surface area contributed by atoms with E-state index in [1.54, 1.807) is 0 Å². The van der Waals surface area contributed by atoms with Crippen LogP contribution < -0.4 is 0 Å². The van der Waals surface area contributed by atoms with Crippen molar-refractivity contribution in [3.8, 4) is 12.3 Å². The molecule has 1 atom stereocenters. The van der Waals surface area contributed by atoms with Crippen molar-refractivity contribution in [2.75, 3.05) is 6.54 Å². The fourth-order valence-electron chi connectivity index (χ4n) is 2.56. The summed E-state index contributed by atoms with van der Waals surface area (Å²) in [5.74, 6) is 2.64. The number of nitrogens with zero attached hydrogens (tertiary/aromatic N) is 1. The molecule has 1 unspecified atom stereocenters. The summed E-state index contributed by atoms with van der Waals surface area (Å²) in [6.45, 7) is 6.79. The van der Waals surface area contributed by atoms with E-state index in [1.165, 1.54) is 4.90 Å². The largest absolute Gasteiger partial charge is 0.465 e. The molecule has 1 aliphatic heterocycles. The fraction of sp³-hybridized carbons (Fsp3) is 0.750. The van der Waals surface area contributed by atoms with Crippen molar-refractivity contribution in [3.63, 3.8) is 0 Å². The highest BCUT2D eigenvalue weighted by molar-refractivity contribution is 5.67. The van der Waals surface area contributed by atoms with Crippen molar-refractivity contribution in [1.82, 2.24) is 4.90 Å². The van der Waals surface area contributed by atoms with Gasteiger partial charge in [-0.2, -0.15) is 0 Å².